The van der Waals surface area contributed by atoms with E-state index in [0.29, 0.717) is 16.3 Å². The van der Waals surface area contributed by atoms with Crippen LogP contribution in [0.25, 0.3) is 5.57 Å². The van der Waals surface area contributed by atoms with E-state index in [1.54, 1.807) is 6.92 Å². The molecule has 0 spiro atoms. The van der Waals surface area contributed by atoms with Gasteiger partial charge in [-0.15, -0.1) is 11.3 Å². The van der Waals surface area contributed by atoms with Gasteiger partial charge in [0.15, 0.2) is 0 Å². The number of nitriles is 1. The van der Waals surface area contributed by atoms with E-state index < -0.39 is 0 Å². The van der Waals surface area contributed by atoms with Crippen LogP contribution in [0.5, 0.6) is 0 Å². The molecule has 62 valence electrons. The van der Waals surface area contributed by atoms with Crippen LogP contribution in [0, 0.1) is 18.3 Å². The second-order valence-electron chi connectivity index (χ2n) is 2.46. The molecule has 4 heteroatoms. The highest BCUT2D eigenvalue weighted by Gasteiger charge is 2.06. The molecule has 0 unspecified atom stereocenters. The number of hydrogen-bond donors (Lipinski definition) is 1. The van der Waals surface area contributed by atoms with Crippen LogP contribution in [0.4, 0.5) is 0 Å². The van der Waals surface area contributed by atoms with Crippen LogP contribution < -0.4 is 5.73 Å². The monoisotopic (exact) mass is 179 g/mol. The molecular formula is C8H9N3S. The molecule has 0 aromatic carbocycles. The van der Waals surface area contributed by atoms with E-state index in [2.05, 4.69) is 4.98 Å². The van der Waals surface area contributed by atoms with E-state index in [-0.39, 0.29) is 0 Å². The first-order valence-electron chi connectivity index (χ1n) is 3.44. The van der Waals surface area contributed by atoms with E-state index in [9.17, 15) is 0 Å². The molecule has 1 heterocycles. The van der Waals surface area contributed by atoms with Gasteiger partial charge in [-0.05, 0) is 13.8 Å². The summed E-state index contributed by atoms with van der Waals surface area (Å²) in [6.07, 6.45) is 0. The van der Waals surface area contributed by atoms with Gasteiger partial charge in [0.1, 0.15) is 16.6 Å². The summed E-state index contributed by atoms with van der Waals surface area (Å²) in [6.45, 7) is 3.59. The lowest BCUT2D eigenvalue weighted by Crippen LogP contribution is -1.95. The Labute approximate surface area is 75.2 Å². The summed E-state index contributed by atoms with van der Waals surface area (Å²) < 4.78 is 0. The highest BCUT2D eigenvalue weighted by Crippen LogP contribution is 2.19. The van der Waals surface area contributed by atoms with Gasteiger partial charge in [-0.3, -0.25) is 0 Å². The molecule has 12 heavy (non-hydrogen) atoms. The Morgan fingerprint density at radius 2 is 2.42 bits per heavy atom. The number of aryl methyl sites for hydroxylation is 1. The van der Waals surface area contributed by atoms with Crippen molar-refractivity contribution >= 4 is 16.9 Å². The Balaban J connectivity index is 3.15. The zero-order valence-corrected chi connectivity index (χ0v) is 7.77. The maximum absolute atomic E-state index is 8.74. The highest BCUT2D eigenvalue weighted by molar-refractivity contribution is 7.10. The van der Waals surface area contributed by atoms with Gasteiger partial charge < -0.3 is 5.73 Å². The maximum Gasteiger partial charge on any atom is 0.135 e. The molecule has 0 saturated heterocycles. The fourth-order valence-electron chi connectivity index (χ4n) is 0.773. The van der Waals surface area contributed by atoms with E-state index in [4.69, 9.17) is 11.0 Å². The average Bonchev–Trinajstić information content (AvgIpc) is 2.37. The van der Waals surface area contributed by atoms with Crippen molar-refractivity contribution in [1.29, 1.82) is 5.26 Å². The first-order chi connectivity index (χ1) is 5.65. The van der Waals surface area contributed by atoms with E-state index in [1.165, 1.54) is 11.3 Å². The molecule has 3 nitrogen and oxygen atoms in total. The summed E-state index contributed by atoms with van der Waals surface area (Å²) in [4.78, 5) is 4.16. The summed E-state index contributed by atoms with van der Waals surface area (Å²) >= 11 is 1.44. The number of allylic oxidation sites excluding steroid dienone is 2. The number of nitrogens with zero attached hydrogens (tertiary/aromatic N) is 2. The van der Waals surface area contributed by atoms with Gasteiger partial charge in [-0.25, -0.2) is 4.98 Å². The van der Waals surface area contributed by atoms with Gasteiger partial charge in [0.25, 0.3) is 0 Å². The Morgan fingerprint density at radius 1 is 1.75 bits per heavy atom. The van der Waals surface area contributed by atoms with E-state index in [1.807, 2.05) is 18.4 Å². The molecule has 1 rings (SSSR count). The standard InChI is InChI=1S/C8H9N3S/c1-5-4-12-8(11-5)7(3-9)6(2)10/h4H,10H2,1-2H3/b7-6+. The van der Waals surface area contributed by atoms with Crippen LogP contribution >= 0.6 is 11.3 Å². The highest BCUT2D eigenvalue weighted by atomic mass is 32.1. The molecule has 0 atom stereocenters. The van der Waals surface area contributed by atoms with Crippen molar-refractivity contribution in [3.8, 4) is 6.07 Å². The van der Waals surface area contributed by atoms with E-state index >= 15 is 0 Å². The Morgan fingerprint density at radius 3 is 2.75 bits per heavy atom. The van der Waals surface area contributed by atoms with Crippen LogP contribution in [-0.4, -0.2) is 4.98 Å². The van der Waals surface area contributed by atoms with Gasteiger partial charge in [0.05, 0.1) is 0 Å². The topological polar surface area (TPSA) is 62.7 Å². The Kier molecular flexibility index (Phi) is 2.46. The third-order valence-corrected chi connectivity index (χ3v) is 2.32. The van der Waals surface area contributed by atoms with Crippen molar-refractivity contribution in [2.75, 3.05) is 0 Å². The molecule has 2 N–H and O–H groups in total. The molecule has 0 aliphatic rings. The maximum atomic E-state index is 8.74. The summed E-state index contributed by atoms with van der Waals surface area (Å²) in [5, 5.41) is 11.3. The molecule has 1 aromatic rings. The van der Waals surface area contributed by atoms with Crippen molar-refractivity contribution < 1.29 is 0 Å². The normalized spacial score (nSPS) is 12.1. The number of rotatable bonds is 1. The molecule has 0 aliphatic heterocycles. The van der Waals surface area contributed by atoms with Crippen molar-refractivity contribution in [3.63, 3.8) is 0 Å². The van der Waals surface area contributed by atoms with Crippen molar-refractivity contribution in [2.45, 2.75) is 13.8 Å². The minimum atomic E-state index is 0.480. The molecule has 1 aromatic heterocycles. The van der Waals surface area contributed by atoms with Crippen LogP contribution in [0.3, 0.4) is 0 Å². The van der Waals surface area contributed by atoms with Crippen molar-refractivity contribution in [2.24, 2.45) is 5.73 Å². The molecule has 0 saturated carbocycles. The van der Waals surface area contributed by atoms with Crippen molar-refractivity contribution in [3.05, 3.63) is 21.8 Å². The minimum Gasteiger partial charge on any atom is -0.401 e. The summed E-state index contributed by atoms with van der Waals surface area (Å²) in [7, 11) is 0. The predicted octanol–water partition coefficient (Wildman–Crippen LogP) is 1.66. The van der Waals surface area contributed by atoms with Crippen LogP contribution in [-0.2, 0) is 0 Å². The first kappa shape index (κ1) is 8.75. The van der Waals surface area contributed by atoms with Gasteiger partial charge in [-0.1, -0.05) is 0 Å². The fourth-order valence-corrected chi connectivity index (χ4v) is 1.63. The molecule has 0 radical (unpaired) electrons. The lowest BCUT2D eigenvalue weighted by molar-refractivity contribution is 1.23. The van der Waals surface area contributed by atoms with Gasteiger partial charge in [0.2, 0.25) is 0 Å². The largest absolute Gasteiger partial charge is 0.401 e. The zero-order valence-electron chi connectivity index (χ0n) is 6.96. The lowest BCUT2D eigenvalue weighted by Gasteiger charge is -1.93. The number of thiazole rings is 1. The Hall–Kier alpha value is -1.34. The smallest absolute Gasteiger partial charge is 0.135 e. The molecule has 0 amide bonds. The van der Waals surface area contributed by atoms with Crippen LogP contribution in [0.1, 0.15) is 17.6 Å². The van der Waals surface area contributed by atoms with Gasteiger partial charge >= 0.3 is 0 Å². The summed E-state index contributed by atoms with van der Waals surface area (Å²) in [5.74, 6) is 0. The second-order valence-corrected chi connectivity index (χ2v) is 3.32. The third kappa shape index (κ3) is 1.63. The number of nitrogens with two attached hydrogens (primary N) is 1. The SMILES string of the molecule is C/C(N)=C(/C#N)c1nc(C)cs1. The van der Waals surface area contributed by atoms with Gasteiger partial charge in [-0.2, -0.15) is 5.26 Å². The average molecular weight is 179 g/mol. The molecular weight excluding hydrogens is 170 g/mol. The number of aromatic nitrogens is 1. The van der Waals surface area contributed by atoms with Crippen LogP contribution in [0.15, 0.2) is 11.1 Å². The quantitative estimate of drug-likeness (QED) is 0.667. The number of hydrogen-bond acceptors (Lipinski definition) is 4. The Bertz CT molecular complexity index is 353. The fraction of sp³-hybridized carbons (Fsp3) is 0.250. The summed E-state index contributed by atoms with van der Waals surface area (Å²) in [6, 6.07) is 2.03. The van der Waals surface area contributed by atoms with Crippen molar-refractivity contribution in [1.82, 2.24) is 4.98 Å². The minimum absolute atomic E-state index is 0.480. The molecule has 0 fully saturated rings. The third-order valence-electron chi connectivity index (χ3n) is 1.34. The van der Waals surface area contributed by atoms with Gasteiger partial charge in [0, 0.05) is 16.8 Å². The lowest BCUT2D eigenvalue weighted by atomic mass is 10.2. The zero-order chi connectivity index (χ0) is 9.14. The predicted molar refractivity (Wildman–Crippen MR) is 49.2 cm³/mol. The molecule has 0 bridgehead atoms. The first-order valence-corrected chi connectivity index (χ1v) is 4.32. The van der Waals surface area contributed by atoms with E-state index in [0.717, 1.165) is 5.69 Å². The summed E-state index contributed by atoms with van der Waals surface area (Å²) in [5.41, 5.74) is 7.43. The van der Waals surface area contributed by atoms with Crippen LogP contribution in [0.2, 0.25) is 0 Å². The second kappa shape index (κ2) is 3.37. The molecule has 0 aliphatic carbocycles.